The van der Waals surface area contributed by atoms with Crippen molar-refractivity contribution in [2.45, 2.75) is 38.2 Å². The monoisotopic (exact) mass is 390 g/mol. The van der Waals surface area contributed by atoms with Gasteiger partial charge in [0.05, 0.1) is 7.11 Å². The van der Waals surface area contributed by atoms with E-state index in [0.717, 1.165) is 70.7 Å². The highest BCUT2D eigenvalue weighted by Gasteiger charge is 2.21. The lowest BCUT2D eigenvalue weighted by atomic mass is 9.96. The van der Waals surface area contributed by atoms with Crippen LogP contribution in [0.3, 0.4) is 0 Å². The molecule has 6 heteroatoms. The summed E-state index contributed by atoms with van der Waals surface area (Å²) >= 11 is 0. The molecule has 0 bridgehead atoms. The number of methoxy groups -OCH3 is 1. The maximum Gasteiger partial charge on any atom is 0.253 e. The summed E-state index contributed by atoms with van der Waals surface area (Å²) in [4.78, 5) is 16.9. The Morgan fingerprint density at radius 3 is 2.57 bits per heavy atom. The molecule has 156 valence electrons. The summed E-state index contributed by atoms with van der Waals surface area (Å²) in [6, 6.07) is 5.52. The van der Waals surface area contributed by atoms with Crippen molar-refractivity contribution >= 4 is 5.91 Å². The Hall–Kier alpha value is -1.79. The number of amides is 1. The van der Waals surface area contributed by atoms with Crippen molar-refractivity contribution in [3.63, 3.8) is 0 Å². The smallest absolute Gasteiger partial charge is 0.253 e. The number of rotatable bonds is 7. The molecule has 2 fully saturated rings. The molecular formula is C22H34N2O4. The van der Waals surface area contributed by atoms with Crippen LogP contribution in [0.1, 0.15) is 42.5 Å². The molecule has 6 nitrogen and oxygen atoms in total. The van der Waals surface area contributed by atoms with E-state index in [2.05, 4.69) is 11.9 Å². The van der Waals surface area contributed by atoms with Gasteiger partial charge >= 0.3 is 0 Å². The summed E-state index contributed by atoms with van der Waals surface area (Å²) in [6.07, 6.45) is 5.44. The van der Waals surface area contributed by atoms with Crippen LogP contribution in [0.25, 0.3) is 0 Å². The number of carbonyl (C=O) groups is 1. The minimum atomic E-state index is 0.0243. The average Bonchev–Trinajstić information content (AvgIpc) is 2.74. The molecule has 2 heterocycles. The Labute approximate surface area is 168 Å². The maximum atomic E-state index is 12.8. The van der Waals surface area contributed by atoms with E-state index in [1.54, 1.807) is 13.2 Å². The van der Waals surface area contributed by atoms with Gasteiger partial charge in [0, 0.05) is 45.5 Å². The standard InChI is InChI=1S/C22H34N2O4/c1-23-11-7-19(8-12-23)28-20-5-4-18(16-21(20)26-3)22(25)24(2)13-6-17-9-14-27-15-10-17/h4-5,16-17,19H,6-15H2,1-3H3. The van der Waals surface area contributed by atoms with Crippen LogP contribution in [0.5, 0.6) is 11.5 Å². The Balaban J connectivity index is 1.57. The fourth-order valence-electron chi connectivity index (χ4n) is 3.91. The lowest BCUT2D eigenvalue weighted by Gasteiger charge is -2.29. The van der Waals surface area contributed by atoms with Crippen molar-refractivity contribution in [1.82, 2.24) is 9.80 Å². The first-order valence-corrected chi connectivity index (χ1v) is 10.4. The van der Waals surface area contributed by atoms with E-state index < -0.39 is 0 Å². The van der Waals surface area contributed by atoms with E-state index in [4.69, 9.17) is 14.2 Å². The van der Waals surface area contributed by atoms with Crippen molar-refractivity contribution in [2.24, 2.45) is 5.92 Å². The van der Waals surface area contributed by atoms with Crippen LogP contribution in [-0.2, 0) is 4.74 Å². The van der Waals surface area contributed by atoms with Gasteiger partial charge in [0.1, 0.15) is 6.10 Å². The first-order valence-electron chi connectivity index (χ1n) is 10.4. The highest BCUT2D eigenvalue weighted by atomic mass is 16.5. The predicted molar refractivity (Wildman–Crippen MR) is 109 cm³/mol. The maximum absolute atomic E-state index is 12.8. The Kier molecular flexibility index (Phi) is 7.57. The fourth-order valence-corrected chi connectivity index (χ4v) is 3.91. The summed E-state index contributed by atoms with van der Waals surface area (Å²) in [7, 11) is 5.63. The van der Waals surface area contributed by atoms with Crippen LogP contribution in [0.2, 0.25) is 0 Å². The number of nitrogens with zero attached hydrogens (tertiary/aromatic N) is 2. The van der Waals surface area contributed by atoms with Gasteiger partial charge in [0.15, 0.2) is 11.5 Å². The third kappa shape index (κ3) is 5.61. The summed E-state index contributed by atoms with van der Waals surface area (Å²) in [5, 5.41) is 0. The minimum absolute atomic E-state index is 0.0243. The zero-order valence-electron chi connectivity index (χ0n) is 17.5. The number of hydrogen-bond donors (Lipinski definition) is 0. The second kappa shape index (κ2) is 10.1. The van der Waals surface area contributed by atoms with Crippen molar-refractivity contribution in [1.29, 1.82) is 0 Å². The summed E-state index contributed by atoms with van der Waals surface area (Å²) in [5.74, 6) is 2.03. The predicted octanol–water partition coefficient (Wildman–Crippen LogP) is 3.06. The Bertz CT molecular complexity index is 637. The molecule has 1 aromatic rings. The van der Waals surface area contributed by atoms with Crippen LogP contribution in [0.15, 0.2) is 18.2 Å². The molecule has 1 aromatic carbocycles. The van der Waals surface area contributed by atoms with Gasteiger partial charge in [-0.1, -0.05) is 0 Å². The summed E-state index contributed by atoms with van der Waals surface area (Å²) in [5.41, 5.74) is 0.641. The molecule has 2 aliphatic rings. The van der Waals surface area contributed by atoms with Crippen molar-refractivity contribution < 1.29 is 19.0 Å². The number of benzene rings is 1. The molecule has 0 radical (unpaired) electrons. The lowest BCUT2D eigenvalue weighted by molar-refractivity contribution is 0.0583. The lowest BCUT2D eigenvalue weighted by Crippen LogP contribution is -2.35. The number of carbonyl (C=O) groups excluding carboxylic acids is 1. The first-order chi connectivity index (χ1) is 13.6. The van der Waals surface area contributed by atoms with E-state index in [0.29, 0.717) is 17.2 Å². The van der Waals surface area contributed by atoms with Gasteiger partial charge in [0.2, 0.25) is 0 Å². The van der Waals surface area contributed by atoms with Crippen LogP contribution < -0.4 is 9.47 Å². The molecule has 2 aliphatic heterocycles. The van der Waals surface area contributed by atoms with Gasteiger partial charge in [-0.25, -0.2) is 0 Å². The van der Waals surface area contributed by atoms with E-state index >= 15 is 0 Å². The van der Waals surface area contributed by atoms with Crippen LogP contribution >= 0.6 is 0 Å². The first kappa shape index (κ1) is 20.9. The molecule has 2 saturated heterocycles. The van der Waals surface area contributed by atoms with Crippen LogP contribution in [-0.4, -0.2) is 75.9 Å². The highest BCUT2D eigenvalue weighted by Crippen LogP contribution is 2.31. The average molecular weight is 391 g/mol. The summed E-state index contributed by atoms with van der Waals surface area (Å²) in [6.45, 7) is 4.54. The number of hydrogen-bond acceptors (Lipinski definition) is 5. The van der Waals surface area contributed by atoms with Gasteiger partial charge in [-0.2, -0.15) is 0 Å². The molecule has 28 heavy (non-hydrogen) atoms. The molecule has 0 saturated carbocycles. The van der Waals surface area contributed by atoms with E-state index in [-0.39, 0.29) is 12.0 Å². The zero-order chi connectivity index (χ0) is 19.9. The zero-order valence-corrected chi connectivity index (χ0v) is 17.5. The molecule has 3 rings (SSSR count). The molecule has 0 unspecified atom stereocenters. The molecular weight excluding hydrogens is 356 g/mol. The quantitative estimate of drug-likeness (QED) is 0.716. The van der Waals surface area contributed by atoms with Gasteiger partial charge in [-0.3, -0.25) is 4.79 Å². The third-order valence-electron chi connectivity index (χ3n) is 5.93. The Morgan fingerprint density at radius 2 is 1.89 bits per heavy atom. The highest BCUT2D eigenvalue weighted by molar-refractivity contribution is 5.94. The molecule has 0 atom stereocenters. The Morgan fingerprint density at radius 1 is 1.18 bits per heavy atom. The van der Waals surface area contributed by atoms with E-state index in [1.807, 2.05) is 24.1 Å². The SMILES string of the molecule is COc1cc(C(=O)N(C)CCC2CCOCC2)ccc1OC1CCN(C)CC1. The number of ether oxygens (including phenoxy) is 3. The number of piperidine rings is 1. The second-order valence-electron chi connectivity index (χ2n) is 8.06. The number of likely N-dealkylation sites (tertiary alicyclic amines) is 1. The van der Waals surface area contributed by atoms with Crippen molar-refractivity contribution in [3.05, 3.63) is 23.8 Å². The van der Waals surface area contributed by atoms with Gasteiger partial charge in [-0.15, -0.1) is 0 Å². The minimum Gasteiger partial charge on any atom is -0.493 e. The molecule has 0 aromatic heterocycles. The van der Waals surface area contributed by atoms with Crippen molar-refractivity contribution in [2.75, 3.05) is 54.1 Å². The van der Waals surface area contributed by atoms with Crippen molar-refractivity contribution in [3.8, 4) is 11.5 Å². The van der Waals surface area contributed by atoms with Gasteiger partial charge in [-0.05, 0) is 63.3 Å². The molecule has 0 N–H and O–H groups in total. The second-order valence-corrected chi connectivity index (χ2v) is 8.06. The van der Waals surface area contributed by atoms with Crippen LogP contribution in [0, 0.1) is 5.92 Å². The fraction of sp³-hybridized carbons (Fsp3) is 0.682. The molecule has 0 spiro atoms. The van der Waals surface area contributed by atoms with Gasteiger partial charge in [0.25, 0.3) is 5.91 Å². The molecule has 0 aliphatic carbocycles. The van der Waals surface area contributed by atoms with Crippen LogP contribution in [0.4, 0.5) is 0 Å². The topological polar surface area (TPSA) is 51.2 Å². The summed E-state index contributed by atoms with van der Waals surface area (Å²) < 4.78 is 17.1. The van der Waals surface area contributed by atoms with E-state index in [1.165, 1.54) is 0 Å². The van der Waals surface area contributed by atoms with Gasteiger partial charge < -0.3 is 24.0 Å². The molecule has 1 amide bonds. The normalized spacial score (nSPS) is 19.4. The third-order valence-corrected chi connectivity index (χ3v) is 5.93. The van der Waals surface area contributed by atoms with E-state index in [9.17, 15) is 4.79 Å². The largest absolute Gasteiger partial charge is 0.493 e.